The molecule has 1 aliphatic rings. The molecular formula is C32H35NO4. The van der Waals surface area contributed by atoms with Gasteiger partial charge in [-0.1, -0.05) is 90.1 Å². The van der Waals surface area contributed by atoms with Crippen molar-refractivity contribution in [1.82, 2.24) is 0 Å². The summed E-state index contributed by atoms with van der Waals surface area (Å²) in [6.07, 6.45) is 0. The molecule has 1 fully saturated rings. The summed E-state index contributed by atoms with van der Waals surface area (Å²) in [5.41, 5.74) is 3.61. The second-order valence-corrected chi connectivity index (χ2v) is 11.5. The number of hydrogen-bond donors (Lipinski definition) is 1. The number of rotatable bonds is 4. The van der Waals surface area contributed by atoms with Crippen LogP contribution in [0.25, 0.3) is 5.76 Å². The lowest BCUT2D eigenvalue weighted by Gasteiger charge is -2.27. The van der Waals surface area contributed by atoms with Crippen LogP contribution < -0.4 is 9.64 Å². The van der Waals surface area contributed by atoms with Gasteiger partial charge >= 0.3 is 0 Å². The van der Waals surface area contributed by atoms with Crippen molar-refractivity contribution in [3.63, 3.8) is 0 Å². The van der Waals surface area contributed by atoms with Crippen LogP contribution >= 0.6 is 0 Å². The lowest BCUT2D eigenvalue weighted by molar-refractivity contribution is -0.132. The van der Waals surface area contributed by atoms with Gasteiger partial charge in [0.2, 0.25) is 0 Å². The highest BCUT2D eigenvalue weighted by Gasteiger charge is 2.47. The monoisotopic (exact) mass is 497 g/mol. The number of ketones is 1. The van der Waals surface area contributed by atoms with Crippen molar-refractivity contribution in [3.05, 3.63) is 101 Å². The van der Waals surface area contributed by atoms with Gasteiger partial charge < -0.3 is 9.84 Å². The largest absolute Gasteiger partial charge is 0.507 e. The first-order valence-corrected chi connectivity index (χ1v) is 12.5. The van der Waals surface area contributed by atoms with Gasteiger partial charge in [0.1, 0.15) is 11.5 Å². The van der Waals surface area contributed by atoms with E-state index in [0.29, 0.717) is 17.0 Å². The number of ether oxygens (including phenoxy) is 1. The summed E-state index contributed by atoms with van der Waals surface area (Å²) in [6.45, 7) is 12.6. The van der Waals surface area contributed by atoms with E-state index in [1.54, 1.807) is 18.2 Å². The van der Waals surface area contributed by atoms with E-state index in [-0.39, 0.29) is 22.2 Å². The molecular weight excluding hydrogens is 462 g/mol. The summed E-state index contributed by atoms with van der Waals surface area (Å²) < 4.78 is 5.56. The van der Waals surface area contributed by atoms with Gasteiger partial charge in [0.05, 0.1) is 24.3 Å². The molecule has 3 aromatic rings. The van der Waals surface area contributed by atoms with Crippen molar-refractivity contribution >= 4 is 23.1 Å². The number of amides is 1. The van der Waals surface area contributed by atoms with Crippen LogP contribution in [0, 0.1) is 0 Å². The minimum atomic E-state index is -0.792. The third-order valence-electron chi connectivity index (χ3n) is 6.89. The highest BCUT2D eigenvalue weighted by molar-refractivity contribution is 6.51. The van der Waals surface area contributed by atoms with Crippen LogP contribution in [0.1, 0.15) is 69.8 Å². The molecule has 1 atom stereocenters. The molecule has 0 bridgehead atoms. The van der Waals surface area contributed by atoms with Crippen molar-refractivity contribution in [1.29, 1.82) is 0 Å². The number of nitrogens with zero attached hydrogens (tertiary/aromatic N) is 1. The second kappa shape index (κ2) is 9.55. The van der Waals surface area contributed by atoms with Crippen LogP contribution in [0.3, 0.4) is 0 Å². The predicted octanol–water partition coefficient (Wildman–Crippen LogP) is 6.92. The van der Waals surface area contributed by atoms with E-state index in [0.717, 1.165) is 16.7 Å². The minimum absolute atomic E-state index is 0.0433. The van der Waals surface area contributed by atoms with Crippen LogP contribution in [0.2, 0.25) is 0 Å². The number of carbonyl (C=O) groups is 2. The topological polar surface area (TPSA) is 66.8 Å². The van der Waals surface area contributed by atoms with E-state index < -0.39 is 17.7 Å². The lowest BCUT2D eigenvalue weighted by atomic mass is 9.84. The van der Waals surface area contributed by atoms with Gasteiger partial charge in [-0.05, 0) is 51.8 Å². The van der Waals surface area contributed by atoms with Crippen molar-refractivity contribution in [2.45, 2.75) is 58.4 Å². The first-order chi connectivity index (χ1) is 17.3. The fraction of sp³-hybridized carbons (Fsp3) is 0.312. The van der Waals surface area contributed by atoms with Gasteiger partial charge in [0, 0.05) is 5.69 Å². The van der Waals surface area contributed by atoms with Gasteiger partial charge in [-0.2, -0.15) is 0 Å². The maximum atomic E-state index is 13.5. The van der Waals surface area contributed by atoms with E-state index >= 15 is 0 Å². The zero-order valence-corrected chi connectivity index (χ0v) is 22.6. The fourth-order valence-electron chi connectivity index (χ4n) is 4.67. The number of anilines is 1. The highest BCUT2D eigenvalue weighted by atomic mass is 16.5. The zero-order chi connectivity index (χ0) is 27.1. The first kappa shape index (κ1) is 26.2. The Kier molecular flexibility index (Phi) is 6.76. The molecule has 1 aliphatic heterocycles. The maximum absolute atomic E-state index is 13.5. The molecule has 37 heavy (non-hydrogen) atoms. The van der Waals surface area contributed by atoms with E-state index in [1.807, 2.05) is 54.6 Å². The van der Waals surface area contributed by atoms with Crippen LogP contribution in [0.5, 0.6) is 5.75 Å². The van der Waals surface area contributed by atoms with E-state index in [4.69, 9.17) is 4.74 Å². The Labute approximate surface area is 219 Å². The molecule has 5 nitrogen and oxygen atoms in total. The molecule has 3 aromatic carbocycles. The molecule has 1 N–H and O–H groups in total. The molecule has 1 unspecified atom stereocenters. The third-order valence-corrected chi connectivity index (χ3v) is 6.89. The summed E-state index contributed by atoms with van der Waals surface area (Å²) in [4.78, 5) is 28.5. The number of methoxy groups -OCH3 is 1. The zero-order valence-electron chi connectivity index (χ0n) is 22.6. The Morgan fingerprint density at radius 2 is 1.38 bits per heavy atom. The van der Waals surface area contributed by atoms with Crippen LogP contribution in [-0.4, -0.2) is 23.9 Å². The molecule has 0 spiro atoms. The van der Waals surface area contributed by atoms with Crippen LogP contribution in [-0.2, 0) is 20.4 Å². The molecule has 0 saturated carbocycles. The van der Waals surface area contributed by atoms with Crippen LogP contribution in [0.15, 0.2) is 78.4 Å². The number of aliphatic hydroxyl groups excluding tert-OH is 1. The summed E-state index contributed by atoms with van der Waals surface area (Å²) in [5.74, 6) is -1.22. The van der Waals surface area contributed by atoms with E-state index in [2.05, 4.69) is 41.5 Å². The Morgan fingerprint density at radius 1 is 0.811 bits per heavy atom. The Hall–Kier alpha value is -3.86. The number of carbonyl (C=O) groups excluding carboxylic acids is 2. The smallest absolute Gasteiger partial charge is 0.300 e. The quantitative estimate of drug-likeness (QED) is 0.241. The van der Waals surface area contributed by atoms with Gasteiger partial charge in [0.25, 0.3) is 11.7 Å². The summed E-state index contributed by atoms with van der Waals surface area (Å²) in [5, 5.41) is 11.7. The van der Waals surface area contributed by atoms with Crippen molar-refractivity contribution < 1.29 is 19.4 Å². The number of aliphatic hydroxyl groups is 1. The fourth-order valence-corrected chi connectivity index (χ4v) is 4.67. The molecule has 192 valence electrons. The number of benzene rings is 3. The molecule has 0 aromatic heterocycles. The number of hydrogen-bond acceptors (Lipinski definition) is 4. The summed E-state index contributed by atoms with van der Waals surface area (Å²) in [6, 6.07) is 21.8. The van der Waals surface area contributed by atoms with Crippen molar-refractivity contribution in [2.75, 3.05) is 12.0 Å². The van der Waals surface area contributed by atoms with Crippen LogP contribution in [0.4, 0.5) is 5.69 Å². The minimum Gasteiger partial charge on any atom is -0.507 e. The van der Waals surface area contributed by atoms with Crippen molar-refractivity contribution in [3.8, 4) is 5.75 Å². The molecule has 5 heteroatoms. The molecule has 1 heterocycles. The lowest BCUT2D eigenvalue weighted by Crippen LogP contribution is -2.29. The van der Waals surface area contributed by atoms with Gasteiger partial charge in [-0.15, -0.1) is 0 Å². The first-order valence-electron chi connectivity index (χ1n) is 12.5. The van der Waals surface area contributed by atoms with Crippen molar-refractivity contribution in [2.24, 2.45) is 0 Å². The molecule has 4 rings (SSSR count). The Balaban J connectivity index is 1.98. The summed E-state index contributed by atoms with van der Waals surface area (Å²) in [7, 11) is 1.52. The standard InChI is InChI=1S/C32H35NO4/c1-31(2,3)21-15-13-20(14-16-21)27-26(29(35)30(36)33(27)23-11-9-8-10-12-23)28(34)24-19-22(32(4,5)6)17-18-25(24)37-7/h8-19,27,34H,1-7H3/b28-26+. The van der Waals surface area contributed by atoms with E-state index in [9.17, 15) is 14.7 Å². The van der Waals surface area contributed by atoms with E-state index in [1.165, 1.54) is 12.0 Å². The average Bonchev–Trinajstić information content (AvgIpc) is 3.13. The molecule has 0 aliphatic carbocycles. The normalized spacial score (nSPS) is 17.8. The van der Waals surface area contributed by atoms with Gasteiger partial charge in [-0.3, -0.25) is 14.5 Å². The molecule has 0 radical (unpaired) electrons. The molecule has 1 saturated heterocycles. The Bertz CT molecular complexity index is 1360. The predicted molar refractivity (Wildman–Crippen MR) is 148 cm³/mol. The van der Waals surface area contributed by atoms with Gasteiger partial charge in [0.15, 0.2) is 0 Å². The number of Topliss-reactive ketones (excluding diaryl/α,β-unsaturated/α-hetero) is 1. The second-order valence-electron chi connectivity index (χ2n) is 11.5. The Morgan fingerprint density at radius 3 is 1.92 bits per heavy atom. The van der Waals surface area contributed by atoms with Gasteiger partial charge in [-0.25, -0.2) is 0 Å². The number of para-hydroxylation sites is 1. The molecule has 1 amide bonds. The highest BCUT2D eigenvalue weighted by Crippen LogP contribution is 2.44. The average molecular weight is 498 g/mol. The summed E-state index contributed by atoms with van der Waals surface area (Å²) >= 11 is 0. The maximum Gasteiger partial charge on any atom is 0.300 e. The SMILES string of the molecule is COc1ccc(C(C)(C)C)cc1/C(O)=C1\C(=O)C(=O)N(c2ccccc2)C1c1ccc(C(C)(C)C)cc1. The third kappa shape index (κ3) is 4.91.